The van der Waals surface area contributed by atoms with E-state index in [-0.39, 0.29) is 0 Å². The summed E-state index contributed by atoms with van der Waals surface area (Å²) < 4.78 is 11.3. The zero-order valence-corrected chi connectivity index (χ0v) is 14.0. The summed E-state index contributed by atoms with van der Waals surface area (Å²) in [5.41, 5.74) is 0.465. The molecule has 0 saturated carbocycles. The predicted molar refractivity (Wildman–Crippen MR) is 89.0 cm³/mol. The third kappa shape index (κ3) is 3.38. The number of aryl methyl sites for hydroxylation is 1. The Morgan fingerprint density at radius 1 is 1.00 bits per heavy atom. The largest absolute Gasteiger partial charge is 0.468 e. The van der Waals surface area contributed by atoms with Crippen LogP contribution in [-0.4, -0.2) is 36.0 Å². The second-order valence-electron chi connectivity index (χ2n) is 7.37. The smallest absolute Gasteiger partial charge is 0.118 e. The van der Waals surface area contributed by atoms with Crippen molar-refractivity contribution in [2.75, 3.05) is 26.2 Å². The number of likely N-dealkylation sites (tertiary alicyclic amines) is 2. The number of hydrogen-bond acceptors (Lipinski definition) is 4. The van der Waals surface area contributed by atoms with Crippen molar-refractivity contribution in [1.82, 2.24) is 9.80 Å². The summed E-state index contributed by atoms with van der Waals surface area (Å²) in [6, 6.07) is 8.25. The number of piperidine rings is 1. The van der Waals surface area contributed by atoms with Crippen molar-refractivity contribution in [3.63, 3.8) is 0 Å². The molecule has 2 aliphatic rings. The van der Waals surface area contributed by atoms with Crippen LogP contribution >= 0.6 is 0 Å². The van der Waals surface area contributed by atoms with Gasteiger partial charge in [0, 0.05) is 13.1 Å². The molecule has 2 aromatic heterocycles. The first-order chi connectivity index (χ1) is 11.2. The van der Waals surface area contributed by atoms with Gasteiger partial charge < -0.3 is 8.83 Å². The highest BCUT2D eigenvalue weighted by Crippen LogP contribution is 2.39. The second kappa shape index (κ2) is 6.17. The van der Waals surface area contributed by atoms with Crippen LogP contribution < -0.4 is 0 Å². The molecule has 0 aliphatic carbocycles. The molecule has 4 heteroatoms. The van der Waals surface area contributed by atoms with E-state index in [1.165, 1.54) is 45.4 Å². The minimum Gasteiger partial charge on any atom is -0.468 e. The molecule has 2 aromatic rings. The molecule has 4 rings (SSSR count). The van der Waals surface area contributed by atoms with E-state index in [0.717, 1.165) is 30.4 Å². The van der Waals surface area contributed by atoms with Crippen LogP contribution in [-0.2, 0) is 13.1 Å². The topological polar surface area (TPSA) is 32.8 Å². The van der Waals surface area contributed by atoms with Crippen LogP contribution in [0.4, 0.5) is 0 Å². The van der Waals surface area contributed by atoms with Gasteiger partial charge in [-0.15, -0.1) is 0 Å². The first-order valence-electron chi connectivity index (χ1n) is 8.73. The SMILES string of the molecule is Cc1ccc(CN2CCC[C@]3(CCN(Cc4ccco4)C3)C2)o1. The average molecular weight is 314 g/mol. The quantitative estimate of drug-likeness (QED) is 0.862. The van der Waals surface area contributed by atoms with E-state index in [1.54, 1.807) is 6.26 Å². The van der Waals surface area contributed by atoms with Gasteiger partial charge in [-0.25, -0.2) is 0 Å². The van der Waals surface area contributed by atoms with E-state index in [2.05, 4.69) is 28.0 Å². The van der Waals surface area contributed by atoms with Gasteiger partial charge in [-0.2, -0.15) is 0 Å². The summed E-state index contributed by atoms with van der Waals surface area (Å²) in [5.74, 6) is 3.20. The molecule has 2 saturated heterocycles. The van der Waals surface area contributed by atoms with E-state index >= 15 is 0 Å². The van der Waals surface area contributed by atoms with E-state index in [4.69, 9.17) is 8.83 Å². The minimum absolute atomic E-state index is 0.465. The molecule has 0 radical (unpaired) electrons. The lowest BCUT2D eigenvalue weighted by Gasteiger charge is -2.40. The van der Waals surface area contributed by atoms with Crippen LogP contribution in [0.25, 0.3) is 0 Å². The maximum atomic E-state index is 5.76. The van der Waals surface area contributed by atoms with Gasteiger partial charge in [-0.3, -0.25) is 9.80 Å². The molecule has 23 heavy (non-hydrogen) atoms. The Hall–Kier alpha value is -1.52. The maximum absolute atomic E-state index is 5.76. The van der Waals surface area contributed by atoms with Crippen LogP contribution in [0.1, 0.15) is 36.5 Å². The molecule has 4 nitrogen and oxygen atoms in total. The Labute approximate surface area is 138 Å². The van der Waals surface area contributed by atoms with Gasteiger partial charge in [0.05, 0.1) is 19.4 Å². The van der Waals surface area contributed by atoms with Gasteiger partial charge in [0.1, 0.15) is 17.3 Å². The Bertz CT molecular complexity index is 634. The molecular weight excluding hydrogens is 288 g/mol. The molecule has 124 valence electrons. The molecule has 4 heterocycles. The van der Waals surface area contributed by atoms with E-state index < -0.39 is 0 Å². The lowest BCUT2D eigenvalue weighted by Crippen LogP contribution is -2.44. The summed E-state index contributed by atoms with van der Waals surface area (Å²) in [5, 5.41) is 0. The Morgan fingerprint density at radius 3 is 2.57 bits per heavy atom. The van der Waals surface area contributed by atoms with Gasteiger partial charge in [0.15, 0.2) is 0 Å². The van der Waals surface area contributed by atoms with Crippen molar-refractivity contribution in [3.8, 4) is 0 Å². The first kappa shape index (κ1) is 15.0. The van der Waals surface area contributed by atoms with Gasteiger partial charge in [-0.1, -0.05) is 0 Å². The maximum Gasteiger partial charge on any atom is 0.118 e. The molecule has 0 bridgehead atoms. The average Bonchev–Trinajstić information content (AvgIpc) is 3.24. The zero-order chi connectivity index (χ0) is 15.7. The molecule has 0 amide bonds. The Morgan fingerprint density at radius 2 is 1.83 bits per heavy atom. The van der Waals surface area contributed by atoms with E-state index in [1.807, 2.05) is 13.0 Å². The molecule has 1 atom stereocenters. The summed E-state index contributed by atoms with van der Waals surface area (Å²) in [4.78, 5) is 5.14. The second-order valence-corrected chi connectivity index (χ2v) is 7.37. The first-order valence-corrected chi connectivity index (χ1v) is 8.73. The summed E-state index contributed by atoms with van der Waals surface area (Å²) in [6.07, 6.45) is 5.74. The van der Waals surface area contributed by atoms with Crippen molar-refractivity contribution in [1.29, 1.82) is 0 Å². The van der Waals surface area contributed by atoms with Crippen molar-refractivity contribution in [2.45, 2.75) is 39.3 Å². The van der Waals surface area contributed by atoms with Crippen molar-refractivity contribution in [2.24, 2.45) is 5.41 Å². The van der Waals surface area contributed by atoms with Gasteiger partial charge in [0.2, 0.25) is 0 Å². The zero-order valence-electron chi connectivity index (χ0n) is 14.0. The lowest BCUT2D eigenvalue weighted by molar-refractivity contribution is 0.0806. The highest BCUT2D eigenvalue weighted by atomic mass is 16.3. The standard InChI is InChI=1S/C19H26N2O2/c1-16-5-6-18(23-16)13-20-9-3-7-19(14-20)8-10-21(15-19)12-17-4-2-11-22-17/h2,4-6,11H,3,7-10,12-15H2,1H3/t19-/m0/s1. The van der Waals surface area contributed by atoms with Gasteiger partial charge >= 0.3 is 0 Å². The van der Waals surface area contributed by atoms with E-state index in [0.29, 0.717) is 5.41 Å². The van der Waals surface area contributed by atoms with E-state index in [9.17, 15) is 0 Å². The Balaban J connectivity index is 1.37. The number of nitrogens with zero attached hydrogens (tertiary/aromatic N) is 2. The van der Waals surface area contributed by atoms with Crippen molar-refractivity contribution in [3.05, 3.63) is 47.8 Å². The van der Waals surface area contributed by atoms with Gasteiger partial charge in [0.25, 0.3) is 0 Å². The van der Waals surface area contributed by atoms with Crippen LogP contribution in [0.5, 0.6) is 0 Å². The summed E-state index contributed by atoms with van der Waals surface area (Å²) in [6.45, 7) is 8.70. The Kier molecular flexibility index (Phi) is 4.04. The monoisotopic (exact) mass is 314 g/mol. The fourth-order valence-electron chi connectivity index (χ4n) is 4.35. The minimum atomic E-state index is 0.465. The predicted octanol–water partition coefficient (Wildman–Crippen LogP) is 3.67. The molecule has 0 unspecified atom stereocenters. The normalized spacial score (nSPS) is 26.3. The summed E-state index contributed by atoms with van der Waals surface area (Å²) in [7, 11) is 0. The van der Waals surface area contributed by atoms with Crippen molar-refractivity contribution >= 4 is 0 Å². The third-order valence-electron chi connectivity index (χ3n) is 5.39. The summed E-state index contributed by atoms with van der Waals surface area (Å²) >= 11 is 0. The van der Waals surface area contributed by atoms with Crippen LogP contribution in [0.2, 0.25) is 0 Å². The number of rotatable bonds is 4. The lowest BCUT2D eigenvalue weighted by atomic mass is 9.79. The van der Waals surface area contributed by atoms with Crippen LogP contribution in [0, 0.1) is 12.3 Å². The molecule has 1 spiro atoms. The fraction of sp³-hybridized carbons (Fsp3) is 0.579. The molecular formula is C19H26N2O2. The number of hydrogen-bond donors (Lipinski definition) is 0. The molecule has 2 fully saturated rings. The van der Waals surface area contributed by atoms with Crippen molar-refractivity contribution < 1.29 is 8.83 Å². The fourth-order valence-corrected chi connectivity index (χ4v) is 4.35. The molecule has 0 N–H and O–H groups in total. The number of furan rings is 2. The highest BCUT2D eigenvalue weighted by molar-refractivity contribution is 5.06. The van der Waals surface area contributed by atoms with Crippen LogP contribution in [0.3, 0.4) is 0 Å². The molecule has 0 aromatic carbocycles. The molecule has 2 aliphatic heterocycles. The van der Waals surface area contributed by atoms with Crippen LogP contribution in [0.15, 0.2) is 39.4 Å². The highest BCUT2D eigenvalue weighted by Gasteiger charge is 2.41. The third-order valence-corrected chi connectivity index (χ3v) is 5.39. The van der Waals surface area contributed by atoms with Gasteiger partial charge in [-0.05, 0) is 69.0 Å².